The van der Waals surface area contributed by atoms with Crippen LogP contribution in [0.5, 0.6) is 0 Å². The van der Waals surface area contributed by atoms with Gasteiger partial charge in [-0.3, -0.25) is 4.79 Å². The van der Waals surface area contributed by atoms with Gasteiger partial charge in [0.1, 0.15) is 0 Å². The molecule has 1 aliphatic carbocycles. The van der Waals surface area contributed by atoms with Gasteiger partial charge in [0.05, 0.1) is 5.92 Å². The van der Waals surface area contributed by atoms with E-state index in [9.17, 15) is 4.79 Å². The van der Waals surface area contributed by atoms with Crippen LogP contribution in [0.25, 0.3) is 4.48 Å². The molecule has 1 aromatic carbocycles. The maximum atomic E-state index is 11.1. The van der Waals surface area contributed by atoms with Gasteiger partial charge in [0.2, 0.25) is 0 Å². The summed E-state index contributed by atoms with van der Waals surface area (Å²) in [5.41, 5.74) is 0.706. The van der Waals surface area contributed by atoms with Gasteiger partial charge in [-0.2, -0.15) is 0 Å². The van der Waals surface area contributed by atoms with Crippen molar-refractivity contribution in [3.63, 3.8) is 0 Å². The summed E-state index contributed by atoms with van der Waals surface area (Å²) in [7, 11) is 0. The van der Waals surface area contributed by atoms with Crippen molar-refractivity contribution in [3.8, 4) is 0 Å². The Balaban J connectivity index is 2.26. The van der Waals surface area contributed by atoms with E-state index in [2.05, 4.69) is 15.9 Å². The van der Waals surface area contributed by atoms with Gasteiger partial charge in [0.15, 0.2) is 0 Å². The van der Waals surface area contributed by atoms with Crippen molar-refractivity contribution in [2.24, 2.45) is 17.3 Å². The van der Waals surface area contributed by atoms with Crippen molar-refractivity contribution in [2.45, 2.75) is 13.8 Å². The first kappa shape index (κ1) is 13.6. The van der Waals surface area contributed by atoms with Crippen molar-refractivity contribution < 1.29 is 9.90 Å². The van der Waals surface area contributed by atoms with Crippen LogP contribution in [-0.4, -0.2) is 11.1 Å². The van der Waals surface area contributed by atoms with Gasteiger partial charge in [-0.05, 0) is 17.4 Å². The molecule has 0 amide bonds. The van der Waals surface area contributed by atoms with Crippen molar-refractivity contribution in [1.29, 1.82) is 0 Å². The molecule has 2 atom stereocenters. The van der Waals surface area contributed by atoms with Gasteiger partial charge in [0.25, 0.3) is 0 Å². The second kappa shape index (κ2) is 4.71. The molecule has 0 aliphatic heterocycles. The van der Waals surface area contributed by atoms with E-state index in [0.29, 0.717) is 5.02 Å². The number of carboxylic acid groups (broad SMARTS) is 1. The summed E-state index contributed by atoms with van der Waals surface area (Å²) in [6.45, 7) is 3.94. The van der Waals surface area contributed by atoms with Gasteiger partial charge >= 0.3 is 5.97 Å². The minimum Gasteiger partial charge on any atom is -0.481 e. The average Bonchev–Trinajstić information content (AvgIpc) is 2.80. The lowest BCUT2D eigenvalue weighted by molar-refractivity contribution is -0.139. The first-order chi connectivity index (χ1) is 8.35. The van der Waals surface area contributed by atoms with Crippen LogP contribution in [-0.2, 0) is 4.79 Å². The molecular weight excluding hydrogens is 316 g/mol. The number of benzene rings is 1. The summed E-state index contributed by atoms with van der Waals surface area (Å²) in [5.74, 6) is -1.01. The summed E-state index contributed by atoms with van der Waals surface area (Å²) in [5, 5.41) is 9.79. The molecule has 1 saturated carbocycles. The standard InChI is InChI=1S/C14H14BrClO2/c1-14(2)9(12(14)13(17)18)7-10(15)8-5-3-4-6-11(8)16/h3-7,9,12H,1-2H3,(H,17,18). The first-order valence-corrected chi connectivity index (χ1v) is 6.88. The second-order valence-electron chi connectivity index (χ2n) is 5.16. The molecule has 2 rings (SSSR count). The van der Waals surface area contributed by atoms with Crippen molar-refractivity contribution in [3.05, 3.63) is 40.9 Å². The van der Waals surface area contributed by atoms with E-state index in [1.807, 2.05) is 44.2 Å². The molecule has 0 spiro atoms. The quantitative estimate of drug-likeness (QED) is 0.890. The summed E-state index contributed by atoms with van der Waals surface area (Å²) in [4.78, 5) is 11.1. The highest BCUT2D eigenvalue weighted by atomic mass is 79.9. The molecule has 96 valence electrons. The molecule has 1 aliphatic rings. The van der Waals surface area contributed by atoms with Crippen LogP contribution in [0.15, 0.2) is 30.3 Å². The molecule has 4 heteroatoms. The smallest absolute Gasteiger partial charge is 0.307 e. The number of carbonyl (C=O) groups is 1. The van der Waals surface area contributed by atoms with Crippen LogP contribution in [0.1, 0.15) is 19.4 Å². The molecule has 18 heavy (non-hydrogen) atoms. The first-order valence-electron chi connectivity index (χ1n) is 5.70. The monoisotopic (exact) mass is 328 g/mol. The van der Waals surface area contributed by atoms with Gasteiger partial charge in [-0.15, -0.1) is 0 Å². The number of aliphatic carboxylic acids is 1. The lowest BCUT2D eigenvalue weighted by Crippen LogP contribution is -2.03. The Morgan fingerprint density at radius 3 is 2.56 bits per heavy atom. The van der Waals surface area contributed by atoms with Crippen molar-refractivity contribution in [2.75, 3.05) is 0 Å². The number of carboxylic acids is 1. The van der Waals surface area contributed by atoms with Gasteiger partial charge < -0.3 is 5.11 Å². The third-order valence-corrected chi connectivity index (χ3v) is 4.65. The van der Waals surface area contributed by atoms with E-state index < -0.39 is 5.97 Å². The van der Waals surface area contributed by atoms with Crippen LogP contribution >= 0.6 is 27.5 Å². The third-order valence-electron chi connectivity index (χ3n) is 3.63. The lowest BCUT2D eigenvalue weighted by Gasteiger charge is -2.03. The second-order valence-corrected chi connectivity index (χ2v) is 6.42. The van der Waals surface area contributed by atoms with Gasteiger partial charge in [0, 0.05) is 15.1 Å². The number of rotatable bonds is 3. The fourth-order valence-electron chi connectivity index (χ4n) is 2.36. The summed E-state index contributed by atoms with van der Waals surface area (Å²) < 4.78 is 0.856. The van der Waals surface area contributed by atoms with E-state index in [4.69, 9.17) is 16.7 Å². The highest BCUT2D eigenvalue weighted by molar-refractivity contribution is 9.15. The predicted octanol–water partition coefficient (Wildman–Crippen LogP) is 4.43. The fraction of sp³-hybridized carbons (Fsp3) is 0.357. The van der Waals surface area contributed by atoms with E-state index in [-0.39, 0.29) is 17.3 Å². The van der Waals surface area contributed by atoms with Crippen molar-refractivity contribution in [1.82, 2.24) is 0 Å². The molecule has 0 radical (unpaired) electrons. The summed E-state index contributed by atoms with van der Waals surface area (Å²) in [6, 6.07) is 7.50. The minimum absolute atomic E-state index is 0.0423. The van der Waals surface area contributed by atoms with Crippen LogP contribution in [0.2, 0.25) is 5.02 Å². The molecule has 1 N–H and O–H groups in total. The minimum atomic E-state index is -0.735. The average molecular weight is 330 g/mol. The zero-order valence-electron chi connectivity index (χ0n) is 10.2. The maximum absolute atomic E-state index is 11.1. The van der Waals surface area contributed by atoms with Crippen molar-refractivity contribution >= 4 is 38.0 Å². The van der Waals surface area contributed by atoms with Gasteiger partial charge in [-0.25, -0.2) is 0 Å². The number of hydrogen-bond donors (Lipinski definition) is 1. The largest absolute Gasteiger partial charge is 0.481 e. The highest BCUT2D eigenvalue weighted by Gasteiger charge is 2.60. The Morgan fingerprint density at radius 2 is 2.06 bits per heavy atom. The third kappa shape index (κ3) is 2.34. The number of hydrogen-bond acceptors (Lipinski definition) is 1. The molecule has 2 unspecified atom stereocenters. The highest BCUT2D eigenvalue weighted by Crippen LogP contribution is 2.60. The summed E-state index contributed by atoms with van der Waals surface area (Å²) in [6.07, 6.45) is 1.96. The molecular formula is C14H14BrClO2. The number of allylic oxidation sites excluding steroid dienone is 1. The van der Waals surface area contributed by atoms with Crippen LogP contribution < -0.4 is 0 Å². The predicted molar refractivity (Wildman–Crippen MR) is 76.8 cm³/mol. The van der Waals surface area contributed by atoms with Crippen LogP contribution in [0.3, 0.4) is 0 Å². The molecule has 0 aromatic heterocycles. The molecule has 1 fully saturated rings. The molecule has 0 saturated heterocycles. The Morgan fingerprint density at radius 1 is 1.44 bits per heavy atom. The molecule has 0 bridgehead atoms. The maximum Gasteiger partial charge on any atom is 0.307 e. The Bertz CT molecular complexity index is 522. The Hall–Kier alpha value is -0.800. The van der Waals surface area contributed by atoms with Gasteiger partial charge in [-0.1, -0.05) is 65.7 Å². The molecule has 1 aromatic rings. The molecule has 2 nitrogen and oxygen atoms in total. The number of halogens is 2. The van der Waals surface area contributed by atoms with E-state index in [1.165, 1.54) is 0 Å². The SMILES string of the molecule is CC1(C)C(C=C(Br)c2ccccc2Cl)C1C(=O)O. The zero-order valence-corrected chi connectivity index (χ0v) is 12.5. The lowest BCUT2D eigenvalue weighted by atomic mass is 10.1. The van der Waals surface area contributed by atoms with E-state index >= 15 is 0 Å². The Kier molecular flexibility index (Phi) is 3.56. The fourth-order valence-corrected chi connectivity index (χ4v) is 3.34. The van der Waals surface area contributed by atoms with Crippen LogP contribution in [0, 0.1) is 17.3 Å². The topological polar surface area (TPSA) is 37.3 Å². The normalized spacial score (nSPS) is 25.9. The Labute approximate surface area is 120 Å². The van der Waals surface area contributed by atoms with E-state index in [1.54, 1.807) is 0 Å². The van der Waals surface area contributed by atoms with Crippen LogP contribution in [0.4, 0.5) is 0 Å². The zero-order chi connectivity index (χ0) is 13.5. The van der Waals surface area contributed by atoms with E-state index in [0.717, 1.165) is 10.0 Å². The summed E-state index contributed by atoms with van der Waals surface area (Å²) >= 11 is 9.60. The molecule has 0 heterocycles.